The number of carbonyl (C=O) groups is 1. The monoisotopic (exact) mass is 716 g/mol. The van der Waals surface area contributed by atoms with E-state index in [4.69, 9.17) is 19.5 Å². The van der Waals surface area contributed by atoms with Crippen LogP contribution in [0, 0.1) is 11.3 Å². The number of phenols is 1. The molecule has 1 heterocycles. The van der Waals surface area contributed by atoms with Crippen LogP contribution in [0.25, 0.3) is 10.2 Å². The molecule has 6 rings (SSSR count). The van der Waals surface area contributed by atoms with Gasteiger partial charge in [0, 0.05) is 24.7 Å². The highest BCUT2D eigenvalue weighted by Crippen LogP contribution is 2.56. The Hall–Kier alpha value is -5.42. The minimum atomic E-state index is -1.84. The number of aromatic hydroxyl groups is 1. The lowest BCUT2D eigenvalue weighted by Crippen LogP contribution is -2.33. The molecular weight excluding hydrogens is 678 g/mol. The zero-order valence-corrected chi connectivity index (χ0v) is 30.0. The van der Waals surface area contributed by atoms with Gasteiger partial charge in [-0.05, 0) is 67.8 Å². The molecule has 51 heavy (non-hydrogen) atoms. The number of carbonyl (C=O) groups excluding carboxylic acids is 1. The standard InChI is InChI=1S/C41H38N3O5PS/c1-47-36-25-31(49-30-21-22-35-38(27-30)51-40(28-42)44-35)26-37(41(36)46)48-29-39(45)43-23-13-2-3-14-24-50(32-15-7-4-8-16-32,33-17-9-5-10-18-33)34-19-11-6-12-20-34/h4-12,15-22,25-27H,2-3,13-14,23-24,29H2,1H3,(H-,43,45,46)/p+1. The van der Waals surface area contributed by atoms with Gasteiger partial charge in [-0.15, -0.1) is 11.3 Å². The van der Waals surface area contributed by atoms with Crippen molar-refractivity contribution in [2.45, 2.75) is 25.7 Å². The Labute approximate surface area is 302 Å². The zero-order valence-electron chi connectivity index (χ0n) is 28.3. The fourth-order valence-corrected chi connectivity index (χ4v) is 11.4. The Bertz CT molecular complexity index is 2010. The van der Waals surface area contributed by atoms with Gasteiger partial charge in [0.25, 0.3) is 5.91 Å². The summed E-state index contributed by atoms with van der Waals surface area (Å²) in [7, 11) is -0.419. The second-order valence-corrected chi connectivity index (χ2v) is 16.6. The van der Waals surface area contributed by atoms with Crippen molar-refractivity contribution < 1.29 is 24.1 Å². The summed E-state index contributed by atoms with van der Waals surface area (Å²) in [5.41, 5.74) is 0.708. The molecule has 1 amide bonds. The van der Waals surface area contributed by atoms with Gasteiger partial charge < -0.3 is 24.6 Å². The fraction of sp³-hybridized carbons (Fsp3) is 0.195. The van der Waals surface area contributed by atoms with Gasteiger partial charge in [0.2, 0.25) is 5.75 Å². The van der Waals surface area contributed by atoms with Crippen LogP contribution < -0.4 is 35.4 Å². The van der Waals surface area contributed by atoms with Crippen LogP contribution in [0.3, 0.4) is 0 Å². The van der Waals surface area contributed by atoms with E-state index in [9.17, 15) is 9.90 Å². The lowest BCUT2D eigenvalue weighted by Gasteiger charge is -2.27. The van der Waals surface area contributed by atoms with Gasteiger partial charge in [0.05, 0.1) is 23.5 Å². The molecule has 1 aromatic heterocycles. The number of ether oxygens (including phenoxy) is 3. The maximum atomic E-state index is 12.7. The quantitative estimate of drug-likeness (QED) is 0.0779. The van der Waals surface area contributed by atoms with Crippen molar-refractivity contribution in [1.29, 1.82) is 5.26 Å². The second kappa shape index (κ2) is 17.0. The van der Waals surface area contributed by atoms with Crippen LogP contribution in [0.5, 0.6) is 28.7 Å². The van der Waals surface area contributed by atoms with E-state index in [1.807, 2.05) is 0 Å². The summed E-state index contributed by atoms with van der Waals surface area (Å²) in [5.74, 6) is 0.557. The lowest BCUT2D eigenvalue weighted by molar-refractivity contribution is -0.123. The SMILES string of the molecule is COc1cc(Oc2ccc3nc(C#N)sc3c2)cc(OCC(=O)NCCCCCC[P+](c2ccccc2)(c2ccccc2)c2ccccc2)c1O. The molecule has 0 aliphatic heterocycles. The van der Waals surface area contributed by atoms with E-state index in [2.05, 4.69) is 107 Å². The molecule has 0 saturated heterocycles. The molecule has 0 fully saturated rings. The van der Waals surface area contributed by atoms with E-state index >= 15 is 0 Å². The normalized spacial score (nSPS) is 11.1. The third-order valence-electron chi connectivity index (χ3n) is 8.62. The Kier molecular flexibility index (Phi) is 11.8. The number of nitrogens with zero attached hydrogens (tertiary/aromatic N) is 2. The van der Waals surface area contributed by atoms with Crippen LogP contribution in [0.4, 0.5) is 0 Å². The molecule has 0 aliphatic carbocycles. The van der Waals surface area contributed by atoms with Crippen LogP contribution in [-0.2, 0) is 4.79 Å². The number of nitrogens with one attached hydrogen (secondary N) is 1. The second-order valence-electron chi connectivity index (χ2n) is 11.9. The summed E-state index contributed by atoms with van der Waals surface area (Å²) in [6, 6.07) is 43.2. The van der Waals surface area contributed by atoms with Crippen LogP contribution in [0.2, 0.25) is 0 Å². The van der Waals surface area contributed by atoms with E-state index in [0.29, 0.717) is 28.6 Å². The average molecular weight is 717 g/mol. The molecule has 0 unspecified atom stereocenters. The molecule has 0 aliphatic rings. The van der Waals surface area contributed by atoms with Crippen LogP contribution in [-0.4, -0.2) is 42.4 Å². The molecule has 0 bridgehead atoms. The first kappa shape index (κ1) is 35.4. The molecule has 258 valence electrons. The Balaban J connectivity index is 1.01. The van der Waals surface area contributed by atoms with Crippen LogP contribution in [0.1, 0.15) is 30.7 Å². The number of phenolic OH excluding ortho intramolecular Hbond substituents is 1. The molecule has 0 atom stereocenters. The number of aromatic nitrogens is 1. The number of hydrogen-bond acceptors (Lipinski definition) is 8. The highest BCUT2D eigenvalue weighted by molar-refractivity contribution is 7.95. The predicted octanol–water partition coefficient (Wildman–Crippen LogP) is 7.72. The lowest BCUT2D eigenvalue weighted by atomic mass is 10.2. The maximum absolute atomic E-state index is 12.7. The number of rotatable bonds is 16. The molecule has 5 aromatic carbocycles. The Morgan fingerprint density at radius 2 is 1.41 bits per heavy atom. The number of unbranched alkanes of at least 4 members (excludes halogenated alkanes) is 3. The first-order valence-corrected chi connectivity index (χ1v) is 19.6. The highest BCUT2D eigenvalue weighted by Gasteiger charge is 2.44. The van der Waals surface area contributed by atoms with Gasteiger partial charge in [-0.3, -0.25) is 4.79 Å². The number of hydrogen-bond donors (Lipinski definition) is 2. The minimum Gasteiger partial charge on any atom is -0.502 e. The van der Waals surface area contributed by atoms with Gasteiger partial charge in [0.15, 0.2) is 23.1 Å². The van der Waals surface area contributed by atoms with Gasteiger partial charge >= 0.3 is 0 Å². The summed E-state index contributed by atoms with van der Waals surface area (Å²) >= 11 is 1.27. The zero-order chi connectivity index (χ0) is 35.5. The number of methoxy groups -OCH3 is 1. The van der Waals surface area contributed by atoms with Crippen molar-refractivity contribution >= 4 is 50.6 Å². The number of thiazole rings is 1. The van der Waals surface area contributed by atoms with Gasteiger partial charge in [-0.1, -0.05) is 61.0 Å². The van der Waals surface area contributed by atoms with Crippen molar-refractivity contribution in [3.05, 3.63) is 126 Å². The van der Waals surface area contributed by atoms with Crippen molar-refractivity contribution in [3.8, 4) is 34.8 Å². The predicted molar refractivity (Wildman–Crippen MR) is 206 cm³/mol. The fourth-order valence-electron chi connectivity index (χ4n) is 6.17. The minimum absolute atomic E-state index is 0.0622. The first-order valence-electron chi connectivity index (χ1n) is 16.8. The van der Waals surface area contributed by atoms with E-state index in [0.717, 1.165) is 36.5 Å². The maximum Gasteiger partial charge on any atom is 0.257 e. The van der Waals surface area contributed by atoms with E-state index in [1.165, 1.54) is 46.5 Å². The smallest absolute Gasteiger partial charge is 0.257 e. The van der Waals surface area contributed by atoms with Gasteiger partial charge in [-0.2, -0.15) is 5.26 Å². The third kappa shape index (κ3) is 8.49. The van der Waals surface area contributed by atoms with E-state index < -0.39 is 7.26 Å². The molecule has 6 aromatic rings. The first-order chi connectivity index (χ1) is 25.0. The van der Waals surface area contributed by atoms with E-state index in [-0.39, 0.29) is 29.8 Å². The topological polar surface area (TPSA) is 114 Å². The Morgan fingerprint density at radius 1 is 0.804 bits per heavy atom. The number of benzene rings is 5. The molecule has 0 saturated carbocycles. The molecular formula is C41H39N3O5PS+. The van der Waals surface area contributed by atoms with Crippen LogP contribution in [0.15, 0.2) is 121 Å². The van der Waals surface area contributed by atoms with E-state index in [1.54, 1.807) is 18.2 Å². The van der Waals surface area contributed by atoms with Crippen molar-refractivity contribution in [1.82, 2.24) is 10.3 Å². The summed E-state index contributed by atoms with van der Waals surface area (Å²) in [6.07, 6.45) is 5.03. The number of amides is 1. The molecule has 10 heteroatoms. The summed E-state index contributed by atoms with van der Waals surface area (Å²) in [4.78, 5) is 16.9. The van der Waals surface area contributed by atoms with Gasteiger partial charge in [-0.25, -0.2) is 4.98 Å². The van der Waals surface area contributed by atoms with Crippen molar-refractivity contribution in [3.63, 3.8) is 0 Å². The number of fused-ring (bicyclic) bond motifs is 1. The van der Waals surface area contributed by atoms with Gasteiger partial charge in [0.1, 0.15) is 40.7 Å². The Morgan fingerprint density at radius 3 is 2.02 bits per heavy atom. The average Bonchev–Trinajstić information content (AvgIpc) is 3.60. The van der Waals surface area contributed by atoms with Crippen molar-refractivity contribution in [2.24, 2.45) is 0 Å². The van der Waals surface area contributed by atoms with Crippen molar-refractivity contribution in [2.75, 3.05) is 26.4 Å². The molecule has 8 nitrogen and oxygen atoms in total. The highest BCUT2D eigenvalue weighted by atomic mass is 32.1. The summed E-state index contributed by atoms with van der Waals surface area (Å²) in [5, 5.41) is 27.3. The molecule has 2 N–H and O–H groups in total. The number of nitriles is 1. The summed E-state index contributed by atoms with van der Waals surface area (Å²) < 4.78 is 17.8. The summed E-state index contributed by atoms with van der Waals surface area (Å²) in [6.45, 7) is 0.257. The molecule has 0 radical (unpaired) electrons. The third-order valence-corrected chi connectivity index (χ3v) is 14.1. The van der Waals surface area contributed by atoms with Crippen LogP contribution >= 0.6 is 18.6 Å². The molecule has 0 spiro atoms. The largest absolute Gasteiger partial charge is 0.502 e.